The molecule has 0 aliphatic rings. The van der Waals surface area contributed by atoms with Crippen LogP contribution in [0, 0.1) is 5.82 Å². The molecule has 1 aromatic carbocycles. The van der Waals surface area contributed by atoms with Crippen molar-refractivity contribution in [2.45, 2.75) is 6.42 Å². The molecule has 0 aliphatic carbocycles. The van der Waals surface area contributed by atoms with Gasteiger partial charge in [-0.1, -0.05) is 16.8 Å². The number of benzene rings is 1. The van der Waals surface area contributed by atoms with Crippen molar-refractivity contribution < 1.29 is 8.91 Å². The summed E-state index contributed by atoms with van der Waals surface area (Å²) in [6.45, 7) is 0. The summed E-state index contributed by atoms with van der Waals surface area (Å²) in [7, 11) is 0. The fourth-order valence-electron chi connectivity index (χ4n) is 1.20. The number of hydrogen-bond acceptors (Lipinski definition) is 2. The quantitative estimate of drug-likeness (QED) is 0.763. The zero-order chi connectivity index (χ0) is 9.97. The number of aromatic nitrogens is 1. The van der Waals surface area contributed by atoms with Gasteiger partial charge in [0.2, 0.25) is 0 Å². The lowest BCUT2D eigenvalue weighted by atomic mass is 10.1. The average molecular weight is 212 g/mol. The molecule has 0 unspecified atom stereocenters. The predicted molar refractivity (Wildman–Crippen MR) is 50.7 cm³/mol. The molecule has 1 aromatic heterocycles. The zero-order valence-corrected chi connectivity index (χ0v) is 7.96. The van der Waals surface area contributed by atoms with Gasteiger partial charge in [0, 0.05) is 17.5 Å². The van der Waals surface area contributed by atoms with Crippen LogP contribution in [-0.4, -0.2) is 5.16 Å². The standard InChI is InChI=1S/C10H7ClFNO/c11-8-1-2-10(12)7(5-8)6-9-3-4-14-13-9/h1-5H,6H2. The zero-order valence-electron chi connectivity index (χ0n) is 7.21. The first-order valence-corrected chi connectivity index (χ1v) is 4.46. The van der Waals surface area contributed by atoms with Crippen molar-refractivity contribution in [3.05, 3.63) is 52.6 Å². The fraction of sp³-hybridized carbons (Fsp3) is 0.100. The molecule has 14 heavy (non-hydrogen) atoms. The molecule has 0 radical (unpaired) electrons. The molecule has 0 aliphatic heterocycles. The topological polar surface area (TPSA) is 26.0 Å². The Morgan fingerprint density at radius 2 is 2.21 bits per heavy atom. The molecule has 1 heterocycles. The van der Waals surface area contributed by atoms with Crippen molar-refractivity contribution in [2.24, 2.45) is 0 Å². The summed E-state index contributed by atoms with van der Waals surface area (Å²) in [5, 5.41) is 4.22. The molecular formula is C10H7ClFNO. The van der Waals surface area contributed by atoms with E-state index < -0.39 is 0 Å². The fourth-order valence-corrected chi connectivity index (χ4v) is 1.40. The molecule has 4 heteroatoms. The number of halogens is 2. The first-order chi connectivity index (χ1) is 6.75. The van der Waals surface area contributed by atoms with Gasteiger partial charge in [-0.3, -0.25) is 0 Å². The lowest BCUT2D eigenvalue weighted by Crippen LogP contribution is -1.92. The largest absolute Gasteiger partial charge is 0.365 e. The summed E-state index contributed by atoms with van der Waals surface area (Å²) in [5.41, 5.74) is 1.21. The SMILES string of the molecule is Fc1ccc(Cl)cc1Cc1ccon1. The number of hydrogen-bond donors (Lipinski definition) is 0. The van der Waals surface area contributed by atoms with Crippen LogP contribution in [0.25, 0.3) is 0 Å². The maximum absolute atomic E-state index is 13.2. The van der Waals surface area contributed by atoms with Crippen LogP contribution in [-0.2, 0) is 6.42 Å². The summed E-state index contributed by atoms with van der Waals surface area (Å²) in [6, 6.07) is 6.15. The van der Waals surface area contributed by atoms with E-state index in [1.165, 1.54) is 18.4 Å². The summed E-state index contributed by atoms with van der Waals surface area (Å²) >= 11 is 5.75. The van der Waals surface area contributed by atoms with Crippen LogP contribution in [0.2, 0.25) is 5.02 Å². The van der Waals surface area contributed by atoms with Gasteiger partial charge in [-0.05, 0) is 23.8 Å². The second-order valence-corrected chi connectivity index (χ2v) is 3.34. The molecule has 2 nitrogen and oxygen atoms in total. The highest BCUT2D eigenvalue weighted by Gasteiger charge is 2.05. The van der Waals surface area contributed by atoms with Crippen molar-refractivity contribution in [1.82, 2.24) is 5.16 Å². The average Bonchev–Trinajstić information content (AvgIpc) is 2.64. The van der Waals surface area contributed by atoms with Gasteiger partial charge in [0.15, 0.2) is 0 Å². The second kappa shape index (κ2) is 3.80. The first-order valence-electron chi connectivity index (χ1n) is 4.09. The molecule has 2 rings (SSSR count). The lowest BCUT2D eigenvalue weighted by Gasteiger charge is -2.00. The maximum atomic E-state index is 13.2. The third-order valence-corrected chi connectivity index (χ3v) is 2.11. The van der Waals surface area contributed by atoms with Crippen molar-refractivity contribution >= 4 is 11.6 Å². The van der Waals surface area contributed by atoms with Crippen LogP contribution in [0.5, 0.6) is 0 Å². The Kier molecular flexibility index (Phi) is 2.50. The highest BCUT2D eigenvalue weighted by Crippen LogP contribution is 2.17. The molecule has 0 N–H and O–H groups in total. The van der Waals surface area contributed by atoms with Crippen molar-refractivity contribution in [2.75, 3.05) is 0 Å². The van der Waals surface area contributed by atoms with Crippen molar-refractivity contribution in [3.8, 4) is 0 Å². The van der Waals surface area contributed by atoms with E-state index in [9.17, 15) is 4.39 Å². The molecule has 2 aromatic rings. The number of rotatable bonds is 2. The molecular weight excluding hydrogens is 205 g/mol. The molecule has 0 bridgehead atoms. The first kappa shape index (κ1) is 9.21. The highest BCUT2D eigenvalue weighted by molar-refractivity contribution is 6.30. The molecule has 0 fully saturated rings. The van der Waals surface area contributed by atoms with Gasteiger partial charge >= 0.3 is 0 Å². The summed E-state index contributed by atoms with van der Waals surface area (Å²) < 4.78 is 17.9. The molecule has 0 saturated heterocycles. The van der Waals surface area contributed by atoms with Gasteiger partial charge < -0.3 is 4.52 Å². The van der Waals surface area contributed by atoms with E-state index in [1.807, 2.05) is 0 Å². The van der Waals surface area contributed by atoms with E-state index in [0.29, 0.717) is 22.7 Å². The Morgan fingerprint density at radius 1 is 1.36 bits per heavy atom. The second-order valence-electron chi connectivity index (χ2n) is 2.90. The molecule has 0 spiro atoms. The molecule has 0 atom stereocenters. The van der Waals surface area contributed by atoms with Crippen LogP contribution in [0.3, 0.4) is 0 Å². The minimum atomic E-state index is -0.280. The van der Waals surface area contributed by atoms with Gasteiger partial charge in [-0.2, -0.15) is 0 Å². The van der Waals surface area contributed by atoms with Gasteiger partial charge in [0.25, 0.3) is 0 Å². The Hall–Kier alpha value is -1.35. The highest BCUT2D eigenvalue weighted by atomic mass is 35.5. The molecule has 0 saturated carbocycles. The smallest absolute Gasteiger partial charge is 0.126 e. The van der Waals surface area contributed by atoms with Crippen LogP contribution in [0.4, 0.5) is 4.39 Å². The minimum Gasteiger partial charge on any atom is -0.365 e. The van der Waals surface area contributed by atoms with E-state index in [4.69, 9.17) is 11.6 Å². The third kappa shape index (κ3) is 1.93. The Balaban J connectivity index is 2.28. The molecule has 0 amide bonds. The van der Waals surface area contributed by atoms with Crippen LogP contribution in [0.1, 0.15) is 11.3 Å². The van der Waals surface area contributed by atoms with E-state index >= 15 is 0 Å². The summed E-state index contributed by atoms with van der Waals surface area (Å²) in [6.07, 6.45) is 1.85. The van der Waals surface area contributed by atoms with E-state index in [-0.39, 0.29) is 5.82 Å². The third-order valence-electron chi connectivity index (χ3n) is 1.87. The number of nitrogens with zero attached hydrogens (tertiary/aromatic N) is 1. The Morgan fingerprint density at radius 3 is 2.93 bits per heavy atom. The Bertz CT molecular complexity index is 428. The normalized spacial score (nSPS) is 10.4. The van der Waals surface area contributed by atoms with Gasteiger partial charge in [0.1, 0.15) is 12.1 Å². The van der Waals surface area contributed by atoms with Gasteiger partial charge in [0.05, 0.1) is 5.69 Å². The Labute approximate surface area is 85.3 Å². The lowest BCUT2D eigenvalue weighted by molar-refractivity contribution is 0.412. The van der Waals surface area contributed by atoms with Crippen LogP contribution < -0.4 is 0 Å². The van der Waals surface area contributed by atoms with Gasteiger partial charge in [-0.15, -0.1) is 0 Å². The van der Waals surface area contributed by atoms with E-state index in [1.54, 1.807) is 12.1 Å². The van der Waals surface area contributed by atoms with E-state index in [0.717, 1.165) is 0 Å². The summed E-state index contributed by atoms with van der Waals surface area (Å²) in [4.78, 5) is 0. The molecule has 72 valence electrons. The predicted octanol–water partition coefficient (Wildman–Crippen LogP) is 3.06. The van der Waals surface area contributed by atoms with Crippen LogP contribution in [0.15, 0.2) is 35.1 Å². The maximum Gasteiger partial charge on any atom is 0.126 e. The van der Waals surface area contributed by atoms with Crippen molar-refractivity contribution in [3.63, 3.8) is 0 Å². The summed E-state index contributed by atoms with van der Waals surface area (Å²) in [5.74, 6) is -0.280. The van der Waals surface area contributed by atoms with Crippen molar-refractivity contribution in [1.29, 1.82) is 0 Å². The minimum absolute atomic E-state index is 0.280. The van der Waals surface area contributed by atoms with E-state index in [2.05, 4.69) is 9.68 Å². The monoisotopic (exact) mass is 211 g/mol. The van der Waals surface area contributed by atoms with Crippen LogP contribution >= 0.6 is 11.6 Å². The van der Waals surface area contributed by atoms with Gasteiger partial charge in [-0.25, -0.2) is 4.39 Å².